The molecule has 1 aromatic carbocycles. The first kappa shape index (κ1) is 23.8. The molecule has 34 heavy (non-hydrogen) atoms. The van der Waals surface area contributed by atoms with Crippen LogP contribution in [0.2, 0.25) is 0 Å². The summed E-state index contributed by atoms with van der Waals surface area (Å²) >= 11 is 0. The molecule has 0 radical (unpaired) electrons. The highest BCUT2D eigenvalue weighted by Crippen LogP contribution is 2.32. The minimum absolute atomic E-state index is 0.235. The van der Waals surface area contributed by atoms with E-state index in [0.29, 0.717) is 12.1 Å². The summed E-state index contributed by atoms with van der Waals surface area (Å²) in [6, 6.07) is 5.43. The SMILES string of the molecule is CCOc1ncnc2c1ncn2[C@@H]1OC(CNS(=O)(=O)NC(=O)c2ccccc2O)[C@@H](O)[C@H]1O. The molecular weight excluding hydrogens is 472 g/mol. The second-order valence-electron chi connectivity index (χ2n) is 7.28. The number of hydrogen-bond donors (Lipinski definition) is 5. The van der Waals surface area contributed by atoms with Gasteiger partial charge in [-0.05, 0) is 19.1 Å². The molecule has 2 aromatic heterocycles. The first-order chi connectivity index (χ1) is 16.2. The zero-order chi connectivity index (χ0) is 24.5. The predicted octanol–water partition coefficient (Wildman–Crippen LogP) is -1.19. The van der Waals surface area contributed by atoms with Crippen molar-refractivity contribution >= 4 is 27.3 Å². The number of rotatable bonds is 8. The van der Waals surface area contributed by atoms with Gasteiger partial charge in [-0.25, -0.2) is 14.7 Å². The summed E-state index contributed by atoms with van der Waals surface area (Å²) in [5, 5.41) is 30.6. The number of phenols is 1. The van der Waals surface area contributed by atoms with Gasteiger partial charge in [-0.2, -0.15) is 18.1 Å². The number of ether oxygens (including phenoxy) is 2. The van der Waals surface area contributed by atoms with Gasteiger partial charge in [0.1, 0.15) is 30.4 Å². The Kier molecular flexibility index (Phi) is 6.63. The Morgan fingerprint density at radius 3 is 2.71 bits per heavy atom. The lowest BCUT2D eigenvalue weighted by Gasteiger charge is -2.16. The Bertz CT molecular complexity index is 1300. The van der Waals surface area contributed by atoms with E-state index in [1.807, 2.05) is 0 Å². The van der Waals surface area contributed by atoms with Crippen LogP contribution >= 0.6 is 0 Å². The fourth-order valence-corrected chi connectivity index (χ4v) is 4.27. The molecule has 1 amide bonds. The van der Waals surface area contributed by atoms with E-state index in [0.717, 1.165) is 0 Å². The molecule has 1 saturated heterocycles. The minimum Gasteiger partial charge on any atom is -0.507 e. The van der Waals surface area contributed by atoms with Crippen molar-refractivity contribution in [1.82, 2.24) is 29.0 Å². The van der Waals surface area contributed by atoms with Crippen LogP contribution in [-0.2, 0) is 14.9 Å². The Morgan fingerprint density at radius 2 is 1.97 bits per heavy atom. The first-order valence-electron chi connectivity index (χ1n) is 10.1. The standard InChI is InChI=1S/C19H22N6O8S/c1-2-32-18-13-16(20-8-21-18)25(9-22-13)19-15(28)14(27)12(33-19)7-23-34(30,31)24-17(29)10-5-3-4-6-11(10)26/h3-6,8-9,12,14-15,19,23,26-28H,2,7H2,1H3,(H,24,29)/t12?,14-,15-,19-/m1/s1. The van der Waals surface area contributed by atoms with Gasteiger partial charge < -0.3 is 24.8 Å². The third kappa shape index (κ3) is 4.64. The molecule has 1 fully saturated rings. The molecule has 5 N–H and O–H groups in total. The Hall–Kier alpha value is -3.37. The average Bonchev–Trinajstić information content (AvgIpc) is 3.34. The average molecular weight is 494 g/mol. The topological polar surface area (TPSA) is 198 Å². The summed E-state index contributed by atoms with van der Waals surface area (Å²) in [5.74, 6) is -1.20. The van der Waals surface area contributed by atoms with Crippen molar-refractivity contribution < 1.29 is 38.0 Å². The van der Waals surface area contributed by atoms with Gasteiger partial charge in [0.05, 0.1) is 18.5 Å². The number of amides is 1. The number of fused-ring (bicyclic) bond motifs is 1. The number of aromatic hydroxyl groups is 1. The lowest BCUT2D eigenvalue weighted by Crippen LogP contribution is -2.45. The third-order valence-electron chi connectivity index (χ3n) is 5.07. The molecule has 182 valence electrons. The molecule has 3 heterocycles. The number of phenolic OH excluding ortho intramolecular Hbond substituents is 1. The van der Waals surface area contributed by atoms with Gasteiger partial charge in [0.25, 0.3) is 5.91 Å². The van der Waals surface area contributed by atoms with E-state index >= 15 is 0 Å². The van der Waals surface area contributed by atoms with Crippen LogP contribution in [0.4, 0.5) is 0 Å². The lowest BCUT2D eigenvalue weighted by atomic mass is 10.1. The molecule has 0 spiro atoms. The van der Waals surface area contributed by atoms with Crippen molar-refractivity contribution in [2.75, 3.05) is 13.2 Å². The van der Waals surface area contributed by atoms with Gasteiger partial charge in [0.15, 0.2) is 17.4 Å². The third-order valence-corrected chi connectivity index (χ3v) is 6.07. The van der Waals surface area contributed by atoms with Gasteiger partial charge in [0, 0.05) is 6.54 Å². The molecule has 14 nitrogen and oxygen atoms in total. The Morgan fingerprint density at radius 1 is 1.21 bits per heavy atom. The smallest absolute Gasteiger partial charge is 0.301 e. The number of hydrogen-bond acceptors (Lipinski definition) is 11. The monoisotopic (exact) mass is 494 g/mol. The lowest BCUT2D eigenvalue weighted by molar-refractivity contribution is -0.0330. The molecule has 1 aliphatic heterocycles. The number of benzene rings is 1. The molecule has 0 saturated carbocycles. The van der Waals surface area contributed by atoms with Crippen LogP contribution in [0.1, 0.15) is 23.5 Å². The number of carbonyl (C=O) groups is 1. The Labute approximate surface area is 193 Å². The summed E-state index contributed by atoms with van der Waals surface area (Å²) in [6.45, 7) is 1.66. The molecule has 4 atom stereocenters. The van der Waals surface area contributed by atoms with Crippen molar-refractivity contribution in [2.45, 2.75) is 31.5 Å². The van der Waals surface area contributed by atoms with Crippen molar-refractivity contribution in [2.24, 2.45) is 0 Å². The van der Waals surface area contributed by atoms with Crippen molar-refractivity contribution in [3.63, 3.8) is 0 Å². The molecule has 3 aromatic rings. The highest BCUT2D eigenvalue weighted by atomic mass is 32.2. The summed E-state index contributed by atoms with van der Waals surface area (Å²) in [6.07, 6.45) is -2.61. The minimum atomic E-state index is -4.38. The van der Waals surface area contributed by atoms with E-state index in [1.54, 1.807) is 11.6 Å². The van der Waals surface area contributed by atoms with Crippen LogP contribution < -0.4 is 14.2 Å². The quantitative estimate of drug-likeness (QED) is 0.252. The van der Waals surface area contributed by atoms with Gasteiger partial charge in [-0.3, -0.25) is 9.36 Å². The zero-order valence-corrected chi connectivity index (χ0v) is 18.6. The summed E-state index contributed by atoms with van der Waals surface area (Å²) in [7, 11) is -4.38. The van der Waals surface area contributed by atoms with E-state index in [9.17, 15) is 28.5 Å². The van der Waals surface area contributed by atoms with Gasteiger partial charge in [-0.1, -0.05) is 12.1 Å². The maximum Gasteiger partial charge on any atom is 0.301 e. The van der Waals surface area contributed by atoms with Crippen molar-refractivity contribution in [1.29, 1.82) is 0 Å². The van der Waals surface area contributed by atoms with E-state index < -0.39 is 47.2 Å². The second kappa shape index (κ2) is 9.47. The number of para-hydroxylation sites is 1. The van der Waals surface area contributed by atoms with Crippen LogP contribution in [0, 0.1) is 0 Å². The van der Waals surface area contributed by atoms with E-state index in [-0.39, 0.29) is 22.8 Å². The maximum atomic E-state index is 12.3. The number of aliphatic hydroxyl groups is 2. The molecule has 1 unspecified atom stereocenters. The molecule has 0 aliphatic carbocycles. The van der Waals surface area contributed by atoms with Gasteiger partial charge >= 0.3 is 10.2 Å². The second-order valence-corrected chi connectivity index (χ2v) is 8.78. The number of carbonyl (C=O) groups excluding carboxylic acids is 1. The van der Waals surface area contributed by atoms with Crippen LogP contribution in [0.25, 0.3) is 11.2 Å². The van der Waals surface area contributed by atoms with Crippen molar-refractivity contribution in [3.05, 3.63) is 42.5 Å². The molecule has 0 bridgehead atoms. The highest BCUT2D eigenvalue weighted by molar-refractivity contribution is 7.88. The largest absolute Gasteiger partial charge is 0.507 e. The van der Waals surface area contributed by atoms with Crippen LogP contribution in [0.15, 0.2) is 36.9 Å². The predicted molar refractivity (Wildman–Crippen MR) is 115 cm³/mol. The first-order valence-corrected chi connectivity index (χ1v) is 11.6. The highest BCUT2D eigenvalue weighted by Gasteiger charge is 2.44. The van der Waals surface area contributed by atoms with E-state index in [1.165, 1.54) is 41.5 Å². The zero-order valence-electron chi connectivity index (χ0n) is 17.8. The fraction of sp³-hybridized carbons (Fsp3) is 0.368. The van der Waals surface area contributed by atoms with E-state index in [4.69, 9.17) is 9.47 Å². The van der Waals surface area contributed by atoms with Crippen LogP contribution in [0.5, 0.6) is 11.6 Å². The fourth-order valence-electron chi connectivity index (χ4n) is 3.46. The van der Waals surface area contributed by atoms with Crippen LogP contribution in [0.3, 0.4) is 0 Å². The molecule has 15 heteroatoms. The summed E-state index contributed by atoms with van der Waals surface area (Å²) in [5.41, 5.74) is 0.373. The number of nitrogens with zero attached hydrogens (tertiary/aromatic N) is 4. The van der Waals surface area contributed by atoms with Crippen LogP contribution in [-0.4, -0.2) is 80.6 Å². The van der Waals surface area contributed by atoms with Crippen molar-refractivity contribution in [3.8, 4) is 11.6 Å². The van der Waals surface area contributed by atoms with E-state index in [2.05, 4.69) is 19.7 Å². The summed E-state index contributed by atoms with van der Waals surface area (Å²) in [4.78, 5) is 24.5. The molecule has 1 aliphatic rings. The van der Waals surface area contributed by atoms with Gasteiger partial charge in [-0.15, -0.1) is 0 Å². The number of imidazole rings is 1. The molecular formula is C19H22N6O8S. The number of aliphatic hydroxyl groups excluding tert-OH is 2. The maximum absolute atomic E-state index is 12.3. The van der Waals surface area contributed by atoms with Gasteiger partial charge in [0.2, 0.25) is 5.88 Å². The molecule has 4 rings (SSSR count). The Balaban J connectivity index is 1.45. The normalized spacial score (nSPS) is 22.7. The number of aromatic nitrogens is 4. The summed E-state index contributed by atoms with van der Waals surface area (Å²) < 4.78 is 40.9. The number of nitrogens with one attached hydrogen (secondary N) is 2.